The van der Waals surface area contributed by atoms with Crippen molar-refractivity contribution in [2.24, 2.45) is 5.16 Å². The molecule has 0 bridgehead atoms. The van der Waals surface area contributed by atoms with Crippen molar-refractivity contribution in [2.75, 3.05) is 32.1 Å². The van der Waals surface area contributed by atoms with Gasteiger partial charge in [-0.2, -0.15) is 0 Å². The fourth-order valence-electron chi connectivity index (χ4n) is 4.99. The van der Waals surface area contributed by atoms with E-state index in [-0.39, 0.29) is 40.6 Å². The molecular weight excluding hydrogens is 568 g/mol. The minimum absolute atomic E-state index is 0.00965. The monoisotopic (exact) mass is 604 g/mol. The van der Waals surface area contributed by atoms with Crippen LogP contribution in [0.4, 0.5) is 5.13 Å². The number of thiazole rings is 1. The maximum absolute atomic E-state index is 13.3. The Morgan fingerprint density at radius 1 is 1.05 bits per heavy atom. The predicted octanol–water partition coefficient (Wildman–Crippen LogP) is 3.54. The number of carbonyl (C=O) groups is 2. The summed E-state index contributed by atoms with van der Waals surface area (Å²) in [5, 5.41) is 7.11. The number of oxime groups is 1. The molecule has 0 unspecified atom stereocenters. The zero-order valence-electron chi connectivity index (χ0n) is 23.1. The second-order valence-electron chi connectivity index (χ2n) is 10.6. The summed E-state index contributed by atoms with van der Waals surface area (Å²) in [6.45, 7) is 1.71. The van der Waals surface area contributed by atoms with E-state index in [1.165, 1.54) is 30.6 Å². The van der Waals surface area contributed by atoms with Crippen LogP contribution in [0.1, 0.15) is 61.8 Å². The van der Waals surface area contributed by atoms with Gasteiger partial charge in [0.05, 0.1) is 27.7 Å². The van der Waals surface area contributed by atoms with Gasteiger partial charge in [-0.3, -0.25) is 14.9 Å². The van der Waals surface area contributed by atoms with Gasteiger partial charge in [0.15, 0.2) is 20.7 Å². The normalized spacial score (nSPS) is 19.0. The first-order chi connectivity index (χ1) is 19.8. The molecule has 1 aromatic carbocycles. The van der Waals surface area contributed by atoms with E-state index in [1.54, 1.807) is 23.2 Å². The van der Waals surface area contributed by atoms with Gasteiger partial charge in [0.1, 0.15) is 12.7 Å². The fourth-order valence-corrected chi connectivity index (χ4v) is 7.38. The van der Waals surface area contributed by atoms with E-state index in [9.17, 15) is 18.0 Å². The molecule has 13 heteroatoms. The highest BCUT2D eigenvalue weighted by Crippen LogP contribution is 2.33. The second-order valence-corrected chi connectivity index (χ2v) is 14.0. The minimum Gasteiger partial charge on any atom is -0.392 e. The third-order valence-corrected chi connectivity index (χ3v) is 10.7. The number of hydrogen-bond acceptors (Lipinski definition) is 10. The number of benzene rings is 1. The van der Waals surface area contributed by atoms with Crippen LogP contribution in [0.15, 0.2) is 40.5 Å². The summed E-state index contributed by atoms with van der Waals surface area (Å²) in [5.41, 5.74) is 0.528. The molecule has 0 radical (unpaired) electrons. The quantitative estimate of drug-likeness (QED) is 0.287. The van der Waals surface area contributed by atoms with Crippen LogP contribution in [0.3, 0.4) is 0 Å². The molecule has 222 valence electrons. The predicted molar refractivity (Wildman–Crippen MR) is 154 cm³/mol. The fraction of sp³-hybridized carbons (Fsp3) is 0.571. The summed E-state index contributed by atoms with van der Waals surface area (Å²) in [5.74, 6) is -0.500. The molecule has 1 saturated heterocycles. The van der Waals surface area contributed by atoms with Crippen molar-refractivity contribution in [1.29, 1.82) is 0 Å². The van der Waals surface area contributed by atoms with Crippen molar-refractivity contribution in [3.63, 3.8) is 0 Å². The number of nitrogens with one attached hydrogen (secondary N) is 1. The number of carbonyl (C=O) groups excluding carboxylic acids is 2. The first-order valence-electron chi connectivity index (χ1n) is 14.1. The lowest BCUT2D eigenvalue weighted by Crippen LogP contribution is -2.42. The van der Waals surface area contributed by atoms with E-state index >= 15 is 0 Å². The smallest absolute Gasteiger partial charge is 0.280 e. The molecule has 3 fully saturated rings. The van der Waals surface area contributed by atoms with Crippen molar-refractivity contribution in [3.8, 4) is 0 Å². The Morgan fingerprint density at radius 2 is 1.76 bits per heavy atom. The number of nitrogens with zero attached hydrogens (tertiary/aromatic N) is 3. The Hall–Kier alpha value is -2.87. The highest BCUT2D eigenvalue weighted by molar-refractivity contribution is 7.92. The first kappa shape index (κ1) is 29.6. The van der Waals surface area contributed by atoms with Crippen molar-refractivity contribution >= 4 is 43.8 Å². The SMILES string of the molecule is COCC(=O)N1CCC(OCc2cnc(NC(=O)C(=NOC3CCCC3)c3ccc(S(=O)(=O)C4CC4)cc3)s2)CC1. The summed E-state index contributed by atoms with van der Waals surface area (Å²) >= 11 is 1.31. The molecule has 0 atom stereocenters. The van der Waals surface area contributed by atoms with Crippen LogP contribution in [0.25, 0.3) is 0 Å². The maximum atomic E-state index is 13.3. The lowest BCUT2D eigenvalue weighted by atomic mass is 10.1. The van der Waals surface area contributed by atoms with Gasteiger partial charge in [-0.25, -0.2) is 13.4 Å². The van der Waals surface area contributed by atoms with Crippen molar-refractivity contribution in [2.45, 2.75) is 80.3 Å². The van der Waals surface area contributed by atoms with Crippen molar-refractivity contribution < 1.29 is 32.3 Å². The third kappa shape index (κ3) is 7.70. The average Bonchev–Trinajstić information content (AvgIpc) is 3.55. The summed E-state index contributed by atoms with van der Waals surface area (Å²) < 4.78 is 36.2. The van der Waals surface area contributed by atoms with Crippen LogP contribution in [-0.4, -0.2) is 80.1 Å². The molecule has 2 amide bonds. The van der Waals surface area contributed by atoms with E-state index < -0.39 is 15.7 Å². The molecule has 0 spiro atoms. The summed E-state index contributed by atoms with van der Waals surface area (Å²) in [4.78, 5) is 38.2. The van der Waals surface area contributed by atoms with E-state index in [4.69, 9.17) is 14.3 Å². The van der Waals surface area contributed by atoms with E-state index in [0.717, 1.165) is 43.4 Å². The Labute approximate surface area is 244 Å². The average molecular weight is 605 g/mol. The number of methoxy groups -OCH3 is 1. The number of ether oxygens (including phenoxy) is 2. The van der Waals surface area contributed by atoms with Gasteiger partial charge < -0.3 is 19.2 Å². The van der Waals surface area contributed by atoms with Crippen LogP contribution in [0.2, 0.25) is 0 Å². The number of aromatic nitrogens is 1. The number of rotatable bonds is 12. The number of piperidine rings is 1. The second kappa shape index (κ2) is 13.4. The number of hydrogen-bond donors (Lipinski definition) is 1. The molecule has 1 aliphatic heterocycles. The maximum Gasteiger partial charge on any atom is 0.280 e. The standard InChI is InChI=1S/C28H36N4O7S2/c1-37-18-25(33)32-14-12-20(13-15-32)38-17-22-16-29-28(40-22)30-27(34)26(31-39-21-4-2-3-5-21)19-6-8-23(9-7-19)41(35,36)24-10-11-24/h6-9,16,20-21,24H,2-5,10-15,17-18H2,1H3,(H,29,30,34). The Bertz CT molecular complexity index is 1340. The lowest BCUT2D eigenvalue weighted by Gasteiger charge is -2.31. The van der Waals surface area contributed by atoms with E-state index in [2.05, 4.69) is 15.5 Å². The zero-order valence-corrected chi connectivity index (χ0v) is 24.8. The highest BCUT2D eigenvalue weighted by Gasteiger charge is 2.37. The molecule has 2 aliphatic carbocycles. The minimum atomic E-state index is -3.34. The van der Waals surface area contributed by atoms with E-state index in [1.807, 2.05) is 0 Å². The summed E-state index contributed by atoms with van der Waals surface area (Å²) in [6, 6.07) is 6.25. The molecule has 2 saturated carbocycles. The van der Waals surface area contributed by atoms with Gasteiger partial charge in [-0.15, -0.1) is 0 Å². The third-order valence-electron chi connectivity index (χ3n) is 7.53. The molecule has 2 heterocycles. The van der Waals surface area contributed by atoms with Crippen molar-refractivity contribution in [3.05, 3.63) is 40.9 Å². The molecule has 5 rings (SSSR count). The van der Waals surface area contributed by atoms with Crippen LogP contribution in [0.5, 0.6) is 0 Å². The Kier molecular flexibility index (Phi) is 9.68. The van der Waals surface area contributed by atoms with Crippen LogP contribution >= 0.6 is 11.3 Å². The number of likely N-dealkylation sites (tertiary alicyclic amines) is 1. The van der Waals surface area contributed by atoms with Crippen LogP contribution in [0, 0.1) is 0 Å². The van der Waals surface area contributed by atoms with E-state index in [0.29, 0.717) is 43.2 Å². The van der Waals surface area contributed by atoms with Crippen LogP contribution in [-0.2, 0) is 40.3 Å². The molecule has 3 aliphatic rings. The zero-order chi connectivity index (χ0) is 28.8. The van der Waals surface area contributed by atoms with Crippen LogP contribution < -0.4 is 5.32 Å². The number of sulfone groups is 1. The van der Waals surface area contributed by atoms with Gasteiger partial charge in [0.25, 0.3) is 5.91 Å². The molecule has 11 nitrogen and oxygen atoms in total. The summed E-state index contributed by atoms with van der Waals surface area (Å²) in [6.07, 6.45) is 8.43. The molecular formula is C28H36N4O7S2. The molecule has 1 N–H and O–H groups in total. The first-order valence-corrected chi connectivity index (χ1v) is 16.4. The van der Waals surface area contributed by atoms with Gasteiger partial charge in [0, 0.05) is 32.0 Å². The Morgan fingerprint density at radius 3 is 2.41 bits per heavy atom. The van der Waals surface area contributed by atoms with Gasteiger partial charge in [0.2, 0.25) is 5.91 Å². The largest absolute Gasteiger partial charge is 0.392 e. The topological polar surface area (TPSA) is 136 Å². The molecule has 2 aromatic rings. The van der Waals surface area contributed by atoms with Gasteiger partial charge in [-0.1, -0.05) is 28.6 Å². The number of anilines is 1. The highest BCUT2D eigenvalue weighted by atomic mass is 32.2. The molecule has 41 heavy (non-hydrogen) atoms. The Balaban J connectivity index is 1.19. The van der Waals surface area contributed by atoms with Gasteiger partial charge in [-0.05, 0) is 63.5 Å². The summed E-state index contributed by atoms with van der Waals surface area (Å²) in [7, 11) is -1.82. The molecule has 1 aromatic heterocycles. The van der Waals surface area contributed by atoms with Crippen molar-refractivity contribution in [1.82, 2.24) is 9.88 Å². The van der Waals surface area contributed by atoms with Gasteiger partial charge >= 0.3 is 0 Å². The lowest BCUT2D eigenvalue weighted by molar-refractivity contribution is -0.137. The number of amides is 2.